The standard InChI is InChI=1S/C16H23NO4/c1-10-6-4-5-7-14(10)17-15(18)12(3)21-16(19)13-8-9-20-11(13)2/h8-10,12,14H,4-7H2,1-3H3,(H,17,18)/t10-,12-,14+/m0/s1. The quantitative estimate of drug-likeness (QED) is 0.867. The highest BCUT2D eigenvalue weighted by Crippen LogP contribution is 2.23. The van der Waals surface area contributed by atoms with Gasteiger partial charge in [-0.2, -0.15) is 0 Å². The Morgan fingerprint density at radius 2 is 2.10 bits per heavy atom. The van der Waals surface area contributed by atoms with Gasteiger partial charge in [-0.25, -0.2) is 4.79 Å². The average molecular weight is 293 g/mol. The molecule has 0 spiro atoms. The molecule has 0 radical (unpaired) electrons. The van der Waals surface area contributed by atoms with E-state index >= 15 is 0 Å². The molecular weight excluding hydrogens is 270 g/mol. The number of nitrogens with one attached hydrogen (secondary N) is 1. The third-order valence-corrected chi connectivity index (χ3v) is 4.17. The van der Waals surface area contributed by atoms with Crippen LogP contribution >= 0.6 is 0 Å². The van der Waals surface area contributed by atoms with Crippen LogP contribution in [0.1, 0.15) is 55.6 Å². The number of carbonyl (C=O) groups is 2. The van der Waals surface area contributed by atoms with Gasteiger partial charge in [-0.3, -0.25) is 4.79 Å². The van der Waals surface area contributed by atoms with Crippen molar-refractivity contribution in [1.29, 1.82) is 0 Å². The summed E-state index contributed by atoms with van der Waals surface area (Å²) in [4.78, 5) is 24.1. The molecule has 1 heterocycles. The Hall–Kier alpha value is -1.78. The van der Waals surface area contributed by atoms with Gasteiger partial charge in [0.2, 0.25) is 0 Å². The van der Waals surface area contributed by atoms with Gasteiger partial charge in [-0.1, -0.05) is 19.8 Å². The topological polar surface area (TPSA) is 68.5 Å². The van der Waals surface area contributed by atoms with Gasteiger partial charge in [-0.15, -0.1) is 0 Å². The predicted molar refractivity (Wildman–Crippen MR) is 77.9 cm³/mol. The Morgan fingerprint density at radius 3 is 2.71 bits per heavy atom. The van der Waals surface area contributed by atoms with E-state index in [0.29, 0.717) is 17.2 Å². The number of esters is 1. The molecule has 0 aromatic carbocycles. The average Bonchev–Trinajstić information content (AvgIpc) is 2.87. The molecular formula is C16H23NO4. The molecule has 0 bridgehead atoms. The van der Waals surface area contributed by atoms with E-state index in [1.54, 1.807) is 19.9 Å². The van der Waals surface area contributed by atoms with E-state index < -0.39 is 12.1 Å². The van der Waals surface area contributed by atoms with Crippen molar-refractivity contribution < 1.29 is 18.7 Å². The van der Waals surface area contributed by atoms with Crippen molar-refractivity contribution in [1.82, 2.24) is 5.32 Å². The second-order valence-corrected chi connectivity index (χ2v) is 5.81. The smallest absolute Gasteiger partial charge is 0.342 e. The minimum atomic E-state index is -0.805. The number of rotatable bonds is 4. The summed E-state index contributed by atoms with van der Waals surface area (Å²) < 4.78 is 10.3. The molecule has 1 amide bonds. The SMILES string of the molecule is Cc1occc1C(=O)O[C@@H](C)C(=O)N[C@@H]1CCCC[C@@H]1C. The molecule has 116 valence electrons. The van der Waals surface area contributed by atoms with Crippen LogP contribution in [0.5, 0.6) is 0 Å². The first kappa shape index (κ1) is 15.6. The number of amides is 1. The Morgan fingerprint density at radius 1 is 1.38 bits per heavy atom. The summed E-state index contributed by atoms with van der Waals surface area (Å²) in [7, 11) is 0. The van der Waals surface area contributed by atoms with Gasteiger partial charge in [0.25, 0.3) is 5.91 Å². The van der Waals surface area contributed by atoms with Crippen molar-refractivity contribution in [2.24, 2.45) is 5.92 Å². The minimum absolute atomic E-state index is 0.183. The van der Waals surface area contributed by atoms with E-state index in [9.17, 15) is 9.59 Å². The molecule has 0 unspecified atom stereocenters. The highest BCUT2D eigenvalue weighted by molar-refractivity contribution is 5.92. The molecule has 1 aliphatic carbocycles. The third-order valence-electron chi connectivity index (χ3n) is 4.17. The summed E-state index contributed by atoms with van der Waals surface area (Å²) in [5, 5.41) is 2.99. The lowest BCUT2D eigenvalue weighted by Crippen LogP contribution is -2.46. The highest BCUT2D eigenvalue weighted by Gasteiger charge is 2.27. The molecule has 1 aromatic rings. The Balaban J connectivity index is 1.87. The molecule has 5 nitrogen and oxygen atoms in total. The summed E-state index contributed by atoms with van der Waals surface area (Å²) in [6, 6.07) is 1.73. The van der Waals surface area contributed by atoms with Crippen molar-refractivity contribution in [3.63, 3.8) is 0 Å². The van der Waals surface area contributed by atoms with Crippen LogP contribution in [0.15, 0.2) is 16.7 Å². The molecule has 0 aliphatic heterocycles. The largest absolute Gasteiger partial charge is 0.469 e. The molecule has 1 aliphatic rings. The van der Waals surface area contributed by atoms with Crippen LogP contribution in [0.25, 0.3) is 0 Å². The number of aryl methyl sites for hydroxylation is 1. The fourth-order valence-electron chi connectivity index (χ4n) is 2.71. The molecule has 1 saturated carbocycles. The Labute approximate surface area is 125 Å². The monoisotopic (exact) mass is 293 g/mol. The summed E-state index contributed by atoms with van der Waals surface area (Å²) >= 11 is 0. The Kier molecular flexibility index (Phi) is 5.04. The number of furan rings is 1. The minimum Gasteiger partial charge on any atom is -0.469 e. The number of hydrogen-bond acceptors (Lipinski definition) is 4. The molecule has 3 atom stereocenters. The van der Waals surface area contributed by atoms with Gasteiger partial charge in [0.1, 0.15) is 11.3 Å². The molecule has 1 N–H and O–H groups in total. The van der Waals surface area contributed by atoms with Crippen molar-refractivity contribution >= 4 is 11.9 Å². The summed E-state index contributed by atoms with van der Waals surface area (Å²) in [6.07, 6.45) is 5.11. The summed E-state index contributed by atoms with van der Waals surface area (Å²) in [6.45, 7) is 5.43. The van der Waals surface area contributed by atoms with Gasteiger partial charge >= 0.3 is 5.97 Å². The number of hydrogen-bond donors (Lipinski definition) is 1. The van der Waals surface area contributed by atoms with E-state index in [-0.39, 0.29) is 11.9 Å². The lowest BCUT2D eigenvalue weighted by molar-refractivity contribution is -0.130. The fraction of sp³-hybridized carbons (Fsp3) is 0.625. The maximum Gasteiger partial charge on any atom is 0.342 e. The molecule has 1 aromatic heterocycles. The zero-order valence-corrected chi connectivity index (χ0v) is 12.8. The van der Waals surface area contributed by atoms with Crippen LogP contribution in [-0.2, 0) is 9.53 Å². The first-order valence-electron chi connectivity index (χ1n) is 7.54. The highest BCUT2D eigenvalue weighted by atomic mass is 16.5. The van der Waals surface area contributed by atoms with Crippen molar-refractivity contribution in [3.05, 3.63) is 23.7 Å². The third kappa shape index (κ3) is 3.86. The van der Waals surface area contributed by atoms with Gasteiger partial charge in [0.15, 0.2) is 6.10 Å². The molecule has 21 heavy (non-hydrogen) atoms. The maximum absolute atomic E-state index is 12.1. The van der Waals surface area contributed by atoms with Gasteiger partial charge < -0.3 is 14.5 Å². The fourth-order valence-corrected chi connectivity index (χ4v) is 2.71. The van der Waals surface area contributed by atoms with E-state index in [2.05, 4.69) is 12.2 Å². The first-order chi connectivity index (χ1) is 9.99. The van der Waals surface area contributed by atoms with Crippen LogP contribution in [0, 0.1) is 12.8 Å². The second-order valence-electron chi connectivity index (χ2n) is 5.81. The predicted octanol–water partition coefficient (Wildman–Crippen LogP) is 2.83. The molecule has 0 saturated heterocycles. The molecule has 5 heteroatoms. The lowest BCUT2D eigenvalue weighted by atomic mass is 9.86. The molecule has 1 fully saturated rings. The van der Waals surface area contributed by atoms with Crippen LogP contribution in [-0.4, -0.2) is 24.0 Å². The number of carbonyl (C=O) groups excluding carboxylic acids is 2. The maximum atomic E-state index is 12.1. The zero-order valence-electron chi connectivity index (χ0n) is 12.8. The van der Waals surface area contributed by atoms with E-state index in [0.717, 1.165) is 19.3 Å². The molecule has 2 rings (SSSR count). The van der Waals surface area contributed by atoms with Crippen molar-refractivity contribution in [3.8, 4) is 0 Å². The van der Waals surface area contributed by atoms with Crippen molar-refractivity contribution in [2.75, 3.05) is 0 Å². The normalized spacial score (nSPS) is 23.4. The zero-order chi connectivity index (χ0) is 15.4. The van der Waals surface area contributed by atoms with Gasteiger partial charge in [0, 0.05) is 6.04 Å². The van der Waals surface area contributed by atoms with Crippen LogP contribution < -0.4 is 5.32 Å². The van der Waals surface area contributed by atoms with Crippen LogP contribution in [0.3, 0.4) is 0 Å². The van der Waals surface area contributed by atoms with E-state index in [4.69, 9.17) is 9.15 Å². The summed E-state index contributed by atoms with van der Waals surface area (Å²) in [5.41, 5.74) is 0.362. The van der Waals surface area contributed by atoms with Crippen molar-refractivity contribution in [2.45, 2.75) is 58.6 Å². The number of ether oxygens (including phenoxy) is 1. The second kappa shape index (κ2) is 6.78. The van der Waals surface area contributed by atoms with E-state index in [1.165, 1.54) is 12.7 Å². The first-order valence-corrected chi connectivity index (χ1v) is 7.54. The van der Waals surface area contributed by atoms with Crippen LogP contribution in [0.2, 0.25) is 0 Å². The van der Waals surface area contributed by atoms with Crippen LogP contribution in [0.4, 0.5) is 0 Å². The Bertz CT molecular complexity index is 508. The van der Waals surface area contributed by atoms with Gasteiger partial charge in [0.05, 0.1) is 6.26 Å². The van der Waals surface area contributed by atoms with Gasteiger partial charge in [-0.05, 0) is 38.7 Å². The summed E-state index contributed by atoms with van der Waals surface area (Å²) in [5.74, 6) is 0.207. The van der Waals surface area contributed by atoms with E-state index in [1.807, 2.05) is 0 Å². The lowest BCUT2D eigenvalue weighted by Gasteiger charge is -2.30.